The van der Waals surface area contributed by atoms with E-state index in [9.17, 15) is 18.8 Å². The number of hydrogen-bond donors (Lipinski definition) is 0. The zero-order valence-corrected chi connectivity index (χ0v) is 13.4. The van der Waals surface area contributed by atoms with Gasteiger partial charge in [0.25, 0.3) is 0 Å². The minimum Gasteiger partial charge on any atom is -0.341 e. The molecule has 0 unspecified atom stereocenters. The Labute approximate surface area is 142 Å². The number of amides is 2. The Bertz CT molecular complexity index is 895. The third-order valence-electron chi connectivity index (χ3n) is 4.53. The van der Waals surface area contributed by atoms with Crippen LogP contribution in [0.15, 0.2) is 29.1 Å². The van der Waals surface area contributed by atoms with E-state index in [1.54, 1.807) is 4.90 Å². The van der Waals surface area contributed by atoms with Gasteiger partial charge in [0.05, 0.1) is 6.54 Å². The molecule has 8 nitrogen and oxygen atoms in total. The summed E-state index contributed by atoms with van der Waals surface area (Å²) in [6.45, 7) is 1.23. The van der Waals surface area contributed by atoms with Gasteiger partial charge in [0, 0.05) is 18.8 Å². The maximum Gasteiger partial charge on any atom is 0.365 e. The molecule has 130 valence electrons. The number of aromatic nitrogens is 3. The van der Waals surface area contributed by atoms with Crippen molar-refractivity contribution in [2.75, 3.05) is 18.0 Å². The van der Waals surface area contributed by atoms with E-state index in [2.05, 4.69) is 4.98 Å². The first-order chi connectivity index (χ1) is 12.0. The highest BCUT2D eigenvalue weighted by molar-refractivity contribution is 5.95. The molecular formula is C16H16FN5O3. The van der Waals surface area contributed by atoms with Gasteiger partial charge in [-0.15, -0.1) is 0 Å². The second-order valence-corrected chi connectivity index (χ2v) is 6.11. The van der Waals surface area contributed by atoms with Crippen molar-refractivity contribution in [3.8, 4) is 0 Å². The lowest BCUT2D eigenvalue weighted by molar-refractivity contribution is -0.131. The van der Waals surface area contributed by atoms with Crippen LogP contribution in [-0.4, -0.2) is 44.3 Å². The summed E-state index contributed by atoms with van der Waals surface area (Å²) in [5.41, 5.74) is -0.114. The van der Waals surface area contributed by atoms with E-state index >= 15 is 0 Å². The molecular weight excluding hydrogens is 329 g/mol. The number of anilines is 1. The molecule has 1 aromatic heterocycles. The lowest BCUT2D eigenvalue weighted by atomic mass is 10.3. The van der Waals surface area contributed by atoms with Crippen molar-refractivity contribution in [1.29, 1.82) is 0 Å². The number of rotatable bonds is 3. The predicted molar refractivity (Wildman–Crippen MR) is 85.7 cm³/mol. The van der Waals surface area contributed by atoms with Crippen molar-refractivity contribution < 1.29 is 14.0 Å². The second-order valence-electron chi connectivity index (χ2n) is 6.11. The fourth-order valence-electron chi connectivity index (χ4n) is 3.24. The van der Waals surface area contributed by atoms with Gasteiger partial charge in [-0.2, -0.15) is 9.67 Å². The van der Waals surface area contributed by atoms with Crippen LogP contribution in [0.25, 0.3) is 0 Å². The largest absolute Gasteiger partial charge is 0.365 e. The zero-order valence-electron chi connectivity index (χ0n) is 13.4. The van der Waals surface area contributed by atoms with Crippen LogP contribution in [0.4, 0.5) is 14.9 Å². The topological polar surface area (TPSA) is 80.4 Å². The highest BCUT2D eigenvalue weighted by atomic mass is 19.1. The molecule has 0 bridgehead atoms. The second kappa shape index (κ2) is 5.83. The molecule has 2 aliphatic heterocycles. The molecule has 2 aromatic rings. The van der Waals surface area contributed by atoms with Gasteiger partial charge >= 0.3 is 11.7 Å². The van der Waals surface area contributed by atoms with E-state index < -0.39 is 17.5 Å². The summed E-state index contributed by atoms with van der Waals surface area (Å²) in [4.78, 5) is 44.0. The van der Waals surface area contributed by atoms with Gasteiger partial charge in [0.15, 0.2) is 5.82 Å². The fraction of sp³-hybridized carbons (Fsp3) is 0.375. The lowest BCUT2D eigenvalue weighted by Gasteiger charge is -2.17. The van der Waals surface area contributed by atoms with Gasteiger partial charge in [-0.25, -0.2) is 18.7 Å². The van der Waals surface area contributed by atoms with E-state index in [1.165, 1.54) is 29.2 Å². The molecule has 25 heavy (non-hydrogen) atoms. The number of likely N-dealkylation sites (tertiary alicyclic amines) is 1. The SMILES string of the molecule is O=C(Cn1c(=O)nc2n1C(=O)N(c1ccc(F)cc1)C2)N1CCCC1. The van der Waals surface area contributed by atoms with Crippen LogP contribution in [0.2, 0.25) is 0 Å². The first-order valence-corrected chi connectivity index (χ1v) is 8.08. The Morgan fingerprint density at radius 2 is 1.80 bits per heavy atom. The molecule has 2 aliphatic rings. The quantitative estimate of drug-likeness (QED) is 0.824. The first-order valence-electron chi connectivity index (χ1n) is 8.08. The Balaban J connectivity index is 1.61. The van der Waals surface area contributed by atoms with Gasteiger partial charge in [-0.3, -0.25) is 9.69 Å². The third-order valence-corrected chi connectivity index (χ3v) is 4.53. The van der Waals surface area contributed by atoms with Gasteiger partial charge < -0.3 is 4.90 Å². The Morgan fingerprint density at radius 3 is 2.48 bits per heavy atom. The number of fused-ring (bicyclic) bond motifs is 1. The summed E-state index contributed by atoms with van der Waals surface area (Å²) in [7, 11) is 0. The molecule has 0 atom stereocenters. The summed E-state index contributed by atoms with van der Waals surface area (Å²) < 4.78 is 15.3. The molecule has 1 saturated heterocycles. The van der Waals surface area contributed by atoms with E-state index in [0.29, 0.717) is 18.8 Å². The summed E-state index contributed by atoms with van der Waals surface area (Å²) in [6.07, 6.45) is 1.89. The van der Waals surface area contributed by atoms with Crippen LogP contribution in [0.3, 0.4) is 0 Å². The zero-order chi connectivity index (χ0) is 17.6. The molecule has 0 aliphatic carbocycles. The number of nitrogens with zero attached hydrogens (tertiary/aromatic N) is 5. The van der Waals surface area contributed by atoms with Crippen molar-refractivity contribution in [3.05, 3.63) is 46.4 Å². The smallest absolute Gasteiger partial charge is 0.341 e. The molecule has 0 radical (unpaired) electrons. The number of carbonyl (C=O) groups excluding carboxylic acids is 2. The number of halogens is 1. The van der Waals surface area contributed by atoms with Crippen molar-refractivity contribution >= 4 is 17.6 Å². The molecule has 1 aromatic carbocycles. The van der Waals surface area contributed by atoms with Gasteiger partial charge in [-0.1, -0.05) is 0 Å². The van der Waals surface area contributed by atoms with Crippen LogP contribution in [0.5, 0.6) is 0 Å². The Morgan fingerprint density at radius 1 is 1.12 bits per heavy atom. The maximum atomic E-state index is 13.1. The molecule has 3 heterocycles. The molecule has 1 fully saturated rings. The van der Waals surface area contributed by atoms with Gasteiger partial charge in [0.2, 0.25) is 5.91 Å². The van der Waals surface area contributed by atoms with E-state index in [-0.39, 0.29) is 24.8 Å². The third kappa shape index (κ3) is 2.61. The minimum atomic E-state index is -0.616. The lowest BCUT2D eigenvalue weighted by Crippen LogP contribution is -2.39. The van der Waals surface area contributed by atoms with E-state index in [4.69, 9.17) is 0 Å². The summed E-state index contributed by atoms with van der Waals surface area (Å²) in [5.74, 6) is -0.329. The first kappa shape index (κ1) is 15.6. The predicted octanol–water partition coefficient (Wildman–Crippen LogP) is 0.795. The Hall–Kier alpha value is -2.97. The van der Waals surface area contributed by atoms with Crippen LogP contribution in [0.1, 0.15) is 18.7 Å². The molecule has 0 N–H and O–H groups in total. The average molecular weight is 345 g/mol. The molecule has 4 rings (SSSR count). The molecule has 0 saturated carbocycles. The minimum absolute atomic E-state index is 0.102. The van der Waals surface area contributed by atoms with Crippen LogP contribution in [-0.2, 0) is 17.9 Å². The Kier molecular flexibility index (Phi) is 3.63. The summed E-state index contributed by atoms with van der Waals surface area (Å²) >= 11 is 0. The fourth-order valence-corrected chi connectivity index (χ4v) is 3.24. The van der Waals surface area contributed by atoms with E-state index in [1.807, 2.05) is 0 Å². The standard InChI is InChI=1S/C16H16FN5O3/c17-11-3-5-12(6-4-11)20-9-13-18-15(24)21(22(13)16(20)25)10-14(23)19-7-1-2-8-19/h3-6H,1-2,7-10H2. The summed E-state index contributed by atoms with van der Waals surface area (Å²) in [6, 6.07) is 5.00. The van der Waals surface area contributed by atoms with E-state index in [0.717, 1.165) is 22.2 Å². The van der Waals surface area contributed by atoms with Crippen LogP contribution < -0.4 is 10.6 Å². The van der Waals surface area contributed by atoms with Gasteiger partial charge in [0.1, 0.15) is 12.4 Å². The van der Waals surface area contributed by atoms with Crippen LogP contribution in [0, 0.1) is 5.82 Å². The number of carbonyl (C=O) groups is 2. The van der Waals surface area contributed by atoms with Crippen molar-refractivity contribution in [3.63, 3.8) is 0 Å². The summed E-state index contributed by atoms with van der Waals surface area (Å²) in [5, 5.41) is 0. The van der Waals surface area contributed by atoms with Crippen molar-refractivity contribution in [2.45, 2.75) is 25.9 Å². The highest BCUT2D eigenvalue weighted by Gasteiger charge is 2.34. The van der Waals surface area contributed by atoms with Gasteiger partial charge in [-0.05, 0) is 37.1 Å². The molecule has 0 spiro atoms. The van der Waals surface area contributed by atoms with Crippen molar-refractivity contribution in [1.82, 2.24) is 19.2 Å². The van der Waals surface area contributed by atoms with Crippen molar-refractivity contribution in [2.24, 2.45) is 0 Å². The molecule has 9 heteroatoms. The maximum absolute atomic E-state index is 13.1. The van der Waals surface area contributed by atoms with Crippen LogP contribution >= 0.6 is 0 Å². The molecule has 2 amide bonds. The number of benzene rings is 1. The monoisotopic (exact) mass is 345 g/mol. The number of hydrogen-bond acceptors (Lipinski definition) is 4. The average Bonchev–Trinajstić information content (AvgIpc) is 3.28. The normalized spacial score (nSPS) is 16.6. The highest BCUT2D eigenvalue weighted by Crippen LogP contribution is 2.23.